The van der Waals surface area contributed by atoms with Gasteiger partial charge in [0.15, 0.2) is 5.11 Å². The predicted octanol–water partition coefficient (Wildman–Crippen LogP) is 3.12. The summed E-state index contributed by atoms with van der Waals surface area (Å²) in [5.41, 5.74) is 8.42. The number of nitrogens with one attached hydrogen (secondary N) is 3. The molecule has 1 aliphatic rings. The quantitative estimate of drug-likeness (QED) is 0.578. The van der Waals surface area contributed by atoms with Crippen molar-refractivity contribution in [3.8, 4) is 0 Å². The van der Waals surface area contributed by atoms with Gasteiger partial charge in [0.25, 0.3) is 0 Å². The zero-order valence-electron chi connectivity index (χ0n) is 10.8. The highest BCUT2D eigenvalue weighted by molar-refractivity contribution is 7.80. The summed E-state index contributed by atoms with van der Waals surface area (Å²) in [4.78, 5) is 0. The van der Waals surface area contributed by atoms with Crippen molar-refractivity contribution >= 4 is 23.0 Å². The molecular weight excluding hydrogens is 242 g/mol. The Kier molecular flexibility index (Phi) is 4.81. The fraction of sp³-hybridized carbons (Fsp3) is 0.500. The van der Waals surface area contributed by atoms with Crippen molar-refractivity contribution in [3.05, 3.63) is 29.8 Å². The number of thiocarbonyl (C=S) groups is 1. The maximum atomic E-state index is 5.28. The van der Waals surface area contributed by atoms with Crippen molar-refractivity contribution in [1.29, 1.82) is 0 Å². The maximum Gasteiger partial charge on any atom is 0.185 e. The Morgan fingerprint density at radius 3 is 2.44 bits per heavy atom. The van der Waals surface area contributed by atoms with Crippen LogP contribution < -0.4 is 16.2 Å². The summed E-state index contributed by atoms with van der Waals surface area (Å²) in [7, 11) is 0. The third-order valence-electron chi connectivity index (χ3n) is 3.31. The van der Waals surface area contributed by atoms with E-state index in [1.807, 2.05) is 12.1 Å². The highest BCUT2D eigenvalue weighted by Crippen LogP contribution is 2.17. The predicted molar refractivity (Wildman–Crippen MR) is 80.5 cm³/mol. The van der Waals surface area contributed by atoms with Gasteiger partial charge < -0.3 is 5.32 Å². The molecule has 3 nitrogen and oxygen atoms in total. The second kappa shape index (κ2) is 6.59. The third-order valence-corrected chi connectivity index (χ3v) is 3.53. The van der Waals surface area contributed by atoms with Crippen LogP contribution in [-0.2, 0) is 0 Å². The number of aryl methyl sites for hydroxylation is 1. The summed E-state index contributed by atoms with van der Waals surface area (Å²) in [6, 6.07) is 8.75. The molecule has 1 aromatic carbocycles. The van der Waals surface area contributed by atoms with E-state index in [9.17, 15) is 0 Å². The molecule has 0 bridgehead atoms. The molecular formula is C14H21N3S. The molecule has 1 aromatic rings. The molecule has 2 rings (SSSR count). The molecule has 0 spiro atoms. The summed E-state index contributed by atoms with van der Waals surface area (Å²) in [6.45, 7) is 2.08. The first-order chi connectivity index (χ1) is 8.74. The zero-order valence-corrected chi connectivity index (χ0v) is 11.6. The summed E-state index contributed by atoms with van der Waals surface area (Å²) in [6.07, 6.45) is 6.44. The maximum absolute atomic E-state index is 5.28. The van der Waals surface area contributed by atoms with E-state index < -0.39 is 0 Å². The number of hydrogen-bond donors (Lipinski definition) is 3. The molecule has 0 aliphatic heterocycles. The molecule has 0 saturated heterocycles. The molecule has 0 heterocycles. The number of benzene rings is 1. The van der Waals surface area contributed by atoms with E-state index in [-0.39, 0.29) is 0 Å². The Bertz CT molecular complexity index is 383. The fourth-order valence-corrected chi connectivity index (χ4v) is 2.45. The van der Waals surface area contributed by atoms with Gasteiger partial charge in [0.2, 0.25) is 0 Å². The lowest BCUT2D eigenvalue weighted by Crippen LogP contribution is -2.44. The second-order valence-electron chi connectivity index (χ2n) is 4.92. The van der Waals surface area contributed by atoms with Crippen LogP contribution in [0.5, 0.6) is 0 Å². The van der Waals surface area contributed by atoms with Gasteiger partial charge in [0, 0.05) is 6.04 Å². The van der Waals surface area contributed by atoms with Crippen LogP contribution in [0.3, 0.4) is 0 Å². The van der Waals surface area contributed by atoms with Gasteiger partial charge >= 0.3 is 0 Å². The molecule has 1 fully saturated rings. The van der Waals surface area contributed by atoms with Crippen molar-refractivity contribution in [1.82, 2.24) is 10.7 Å². The minimum Gasteiger partial charge on any atom is -0.359 e. The van der Waals surface area contributed by atoms with Crippen LogP contribution in [0.15, 0.2) is 24.3 Å². The van der Waals surface area contributed by atoms with Crippen LogP contribution in [0.2, 0.25) is 0 Å². The van der Waals surface area contributed by atoms with Gasteiger partial charge in [-0.1, -0.05) is 37.0 Å². The van der Waals surface area contributed by atoms with E-state index in [2.05, 4.69) is 35.2 Å². The average Bonchev–Trinajstić information content (AvgIpc) is 2.39. The van der Waals surface area contributed by atoms with Crippen LogP contribution in [0.4, 0.5) is 5.69 Å². The minimum absolute atomic E-state index is 0.540. The Morgan fingerprint density at radius 1 is 1.11 bits per heavy atom. The molecule has 1 aliphatic carbocycles. The number of anilines is 1. The Hall–Kier alpha value is -1.29. The molecule has 0 unspecified atom stereocenters. The number of hydrogen-bond acceptors (Lipinski definition) is 2. The number of hydrazine groups is 1. The molecule has 3 N–H and O–H groups in total. The van der Waals surface area contributed by atoms with E-state index in [4.69, 9.17) is 12.2 Å². The van der Waals surface area contributed by atoms with Gasteiger partial charge in [-0.2, -0.15) is 0 Å². The third kappa shape index (κ3) is 4.18. The lowest BCUT2D eigenvalue weighted by molar-refractivity contribution is 0.412. The lowest BCUT2D eigenvalue weighted by Gasteiger charge is -2.24. The van der Waals surface area contributed by atoms with Crippen molar-refractivity contribution in [2.75, 3.05) is 5.43 Å². The van der Waals surface area contributed by atoms with Gasteiger partial charge in [0.05, 0.1) is 5.69 Å². The summed E-state index contributed by atoms with van der Waals surface area (Å²) >= 11 is 5.28. The zero-order chi connectivity index (χ0) is 12.8. The standard InChI is InChI=1S/C14H21N3S/c1-11-7-9-13(10-8-11)16-17-14(18)15-12-5-3-2-4-6-12/h7-10,12,16H,2-6H2,1H3,(H2,15,17,18). The average molecular weight is 263 g/mol. The van der Waals surface area contributed by atoms with Crippen LogP contribution >= 0.6 is 12.2 Å². The van der Waals surface area contributed by atoms with Crippen LogP contribution in [0.25, 0.3) is 0 Å². The first kappa shape index (κ1) is 13.1. The summed E-state index contributed by atoms with van der Waals surface area (Å²) in [5.74, 6) is 0. The van der Waals surface area contributed by atoms with Crippen molar-refractivity contribution in [2.45, 2.75) is 45.1 Å². The molecule has 0 aromatic heterocycles. The molecule has 4 heteroatoms. The monoisotopic (exact) mass is 263 g/mol. The van der Waals surface area contributed by atoms with Gasteiger partial charge in [-0.05, 0) is 44.1 Å². The minimum atomic E-state index is 0.540. The van der Waals surface area contributed by atoms with Crippen molar-refractivity contribution in [3.63, 3.8) is 0 Å². The van der Waals surface area contributed by atoms with Gasteiger partial charge in [0.1, 0.15) is 0 Å². The highest BCUT2D eigenvalue weighted by atomic mass is 32.1. The van der Waals surface area contributed by atoms with E-state index >= 15 is 0 Å². The smallest absolute Gasteiger partial charge is 0.185 e. The SMILES string of the molecule is Cc1ccc(NNC(=S)NC2CCCCC2)cc1. The Balaban J connectivity index is 1.72. The molecule has 0 radical (unpaired) electrons. The van der Waals surface area contributed by atoms with E-state index in [1.165, 1.54) is 37.7 Å². The molecule has 98 valence electrons. The van der Waals surface area contributed by atoms with Crippen molar-refractivity contribution in [2.24, 2.45) is 0 Å². The first-order valence-electron chi connectivity index (χ1n) is 6.63. The van der Waals surface area contributed by atoms with Gasteiger partial charge in [-0.15, -0.1) is 0 Å². The Labute approximate surface area is 114 Å². The number of rotatable bonds is 3. The van der Waals surface area contributed by atoms with Crippen molar-refractivity contribution < 1.29 is 0 Å². The topological polar surface area (TPSA) is 36.1 Å². The van der Waals surface area contributed by atoms with Gasteiger partial charge in [-0.25, -0.2) is 0 Å². The molecule has 0 atom stereocenters. The molecule has 1 saturated carbocycles. The first-order valence-corrected chi connectivity index (χ1v) is 7.04. The van der Waals surface area contributed by atoms with Gasteiger partial charge in [-0.3, -0.25) is 10.9 Å². The van der Waals surface area contributed by atoms with E-state index in [0.717, 1.165) is 5.69 Å². The van der Waals surface area contributed by atoms with Crippen LogP contribution in [0, 0.1) is 6.92 Å². The summed E-state index contributed by atoms with van der Waals surface area (Å²) in [5, 5.41) is 4.04. The molecule has 18 heavy (non-hydrogen) atoms. The van der Waals surface area contributed by atoms with E-state index in [0.29, 0.717) is 11.2 Å². The Morgan fingerprint density at radius 2 is 1.78 bits per heavy atom. The van der Waals surface area contributed by atoms with Crippen LogP contribution in [0.1, 0.15) is 37.7 Å². The second-order valence-corrected chi connectivity index (χ2v) is 5.33. The molecule has 0 amide bonds. The highest BCUT2D eigenvalue weighted by Gasteiger charge is 2.13. The summed E-state index contributed by atoms with van der Waals surface area (Å²) < 4.78 is 0. The normalized spacial score (nSPS) is 16.1. The van der Waals surface area contributed by atoms with Crippen LogP contribution in [-0.4, -0.2) is 11.2 Å². The van der Waals surface area contributed by atoms with E-state index in [1.54, 1.807) is 0 Å². The fourth-order valence-electron chi connectivity index (χ4n) is 2.23. The largest absolute Gasteiger partial charge is 0.359 e. The lowest BCUT2D eigenvalue weighted by atomic mass is 9.96.